The van der Waals surface area contributed by atoms with Crippen molar-refractivity contribution in [1.82, 2.24) is 14.5 Å². The highest BCUT2D eigenvalue weighted by molar-refractivity contribution is 7.10. The average Bonchev–Trinajstić information content (AvgIpc) is 2.89. The first-order valence-corrected chi connectivity index (χ1v) is 6.97. The maximum absolute atomic E-state index is 12.0. The quantitative estimate of drug-likeness (QED) is 0.876. The van der Waals surface area contributed by atoms with Gasteiger partial charge in [0.05, 0.1) is 6.20 Å². The van der Waals surface area contributed by atoms with E-state index in [9.17, 15) is 9.59 Å². The highest BCUT2D eigenvalue weighted by atomic mass is 32.1. The van der Waals surface area contributed by atoms with E-state index in [1.807, 2.05) is 0 Å². The molecule has 0 aliphatic carbocycles. The van der Waals surface area contributed by atoms with Crippen LogP contribution in [0.4, 0.5) is 9.80 Å². The van der Waals surface area contributed by atoms with Crippen molar-refractivity contribution < 1.29 is 14.7 Å². The van der Waals surface area contributed by atoms with Crippen LogP contribution in [-0.4, -0.2) is 44.7 Å². The second kappa shape index (κ2) is 6.46. The van der Waals surface area contributed by atoms with Crippen molar-refractivity contribution in [3.05, 3.63) is 6.20 Å². The van der Waals surface area contributed by atoms with E-state index in [2.05, 4.69) is 14.9 Å². The summed E-state index contributed by atoms with van der Waals surface area (Å²) in [4.78, 5) is 24.3. The predicted octanol–water partition coefficient (Wildman–Crippen LogP) is 1.65. The number of carboxylic acid groups (broad SMARTS) is 1. The lowest BCUT2D eigenvalue weighted by Gasteiger charge is -2.32. The van der Waals surface area contributed by atoms with Crippen LogP contribution in [0.3, 0.4) is 0 Å². The third-order valence-corrected chi connectivity index (χ3v) is 3.74. The molecule has 2 N–H and O–H groups in total. The fourth-order valence-electron chi connectivity index (χ4n) is 2.22. The minimum absolute atomic E-state index is 0.161. The van der Waals surface area contributed by atoms with Gasteiger partial charge in [-0.15, -0.1) is 5.10 Å². The standard InChI is InChI=1S/C11H16N4O3S/c16-10(17)4-3-8-2-1-5-15(7-8)11(18)13-9-6-12-14-19-9/h6,8H,1-5,7H2,(H,13,18)(H,16,17). The van der Waals surface area contributed by atoms with E-state index < -0.39 is 5.97 Å². The zero-order valence-corrected chi connectivity index (χ0v) is 11.2. The summed E-state index contributed by atoms with van der Waals surface area (Å²) in [6, 6.07) is -0.161. The number of aromatic nitrogens is 2. The summed E-state index contributed by atoms with van der Waals surface area (Å²) >= 11 is 1.13. The van der Waals surface area contributed by atoms with E-state index in [1.165, 1.54) is 6.20 Å². The van der Waals surface area contributed by atoms with Gasteiger partial charge in [-0.2, -0.15) is 0 Å². The van der Waals surface area contributed by atoms with Gasteiger partial charge in [0.2, 0.25) is 0 Å². The van der Waals surface area contributed by atoms with Gasteiger partial charge in [-0.1, -0.05) is 4.49 Å². The molecule has 1 aromatic rings. The molecule has 1 atom stereocenters. The first-order valence-electron chi connectivity index (χ1n) is 6.20. The van der Waals surface area contributed by atoms with Crippen LogP contribution in [0.15, 0.2) is 6.20 Å². The van der Waals surface area contributed by atoms with Gasteiger partial charge in [0, 0.05) is 31.0 Å². The predicted molar refractivity (Wildman–Crippen MR) is 70.1 cm³/mol. The van der Waals surface area contributed by atoms with Gasteiger partial charge in [0.15, 0.2) is 0 Å². The first kappa shape index (κ1) is 13.7. The molecule has 19 heavy (non-hydrogen) atoms. The Kier molecular flexibility index (Phi) is 4.67. The summed E-state index contributed by atoms with van der Waals surface area (Å²) in [7, 11) is 0. The van der Waals surface area contributed by atoms with E-state index in [0.29, 0.717) is 24.5 Å². The van der Waals surface area contributed by atoms with Gasteiger partial charge in [0.1, 0.15) is 5.00 Å². The molecular formula is C11H16N4O3S. The van der Waals surface area contributed by atoms with Crippen LogP contribution in [0.5, 0.6) is 0 Å². The summed E-state index contributed by atoms with van der Waals surface area (Å²) in [5, 5.41) is 15.7. The second-order valence-electron chi connectivity index (χ2n) is 4.60. The van der Waals surface area contributed by atoms with Gasteiger partial charge in [0.25, 0.3) is 0 Å². The summed E-state index contributed by atoms with van der Waals surface area (Å²) < 4.78 is 3.68. The smallest absolute Gasteiger partial charge is 0.322 e. The summed E-state index contributed by atoms with van der Waals surface area (Å²) in [6.07, 6.45) is 4.20. The number of amides is 2. The number of nitrogens with zero attached hydrogens (tertiary/aromatic N) is 3. The average molecular weight is 284 g/mol. The molecule has 1 fully saturated rings. The summed E-state index contributed by atoms with van der Waals surface area (Å²) in [5.41, 5.74) is 0. The number of rotatable bonds is 4. The fourth-order valence-corrected chi connectivity index (χ4v) is 2.63. The minimum Gasteiger partial charge on any atom is -0.481 e. The van der Waals surface area contributed by atoms with Crippen molar-refractivity contribution in [3.8, 4) is 0 Å². The van der Waals surface area contributed by atoms with Crippen LogP contribution in [0, 0.1) is 5.92 Å². The Morgan fingerprint density at radius 2 is 2.42 bits per heavy atom. The van der Waals surface area contributed by atoms with Crippen LogP contribution in [-0.2, 0) is 4.79 Å². The molecule has 2 amide bonds. The lowest BCUT2D eigenvalue weighted by molar-refractivity contribution is -0.137. The van der Waals surface area contributed by atoms with Gasteiger partial charge in [-0.25, -0.2) is 4.79 Å². The Morgan fingerprint density at radius 3 is 3.11 bits per heavy atom. The molecular weight excluding hydrogens is 268 g/mol. The number of piperidine rings is 1. The van der Waals surface area contributed by atoms with Gasteiger partial charge < -0.3 is 10.0 Å². The topological polar surface area (TPSA) is 95.4 Å². The van der Waals surface area contributed by atoms with Crippen LogP contribution in [0.1, 0.15) is 25.7 Å². The van der Waals surface area contributed by atoms with E-state index in [0.717, 1.165) is 24.4 Å². The molecule has 0 radical (unpaired) electrons. The van der Waals surface area contributed by atoms with Crippen molar-refractivity contribution >= 4 is 28.5 Å². The number of aliphatic carboxylic acids is 1. The van der Waals surface area contributed by atoms with Crippen molar-refractivity contribution in [2.75, 3.05) is 18.4 Å². The van der Waals surface area contributed by atoms with Crippen LogP contribution in [0.2, 0.25) is 0 Å². The molecule has 2 rings (SSSR count). The van der Waals surface area contributed by atoms with E-state index in [1.54, 1.807) is 4.90 Å². The lowest BCUT2D eigenvalue weighted by atomic mass is 9.93. The summed E-state index contributed by atoms with van der Waals surface area (Å²) in [6.45, 7) is 1.33. The molecule has 0 saturated carbocycles. The van der Waals surface area contributed by atoms with E-state index >= 15 is 0 Å². The molecule has 1 unspecified atom stereocenters. The Hall–Kier alpha value is -1.70. The molecule has 1 aliphatic heterocycles. The molecule has 7 nitrogen and oxygen atoms in total. The highest BCUT2D eigenvalue weighted by Gasteiger charge is 2.24. The molecule has 2 heterocycles. The molecule has 104 valence electrons. The largest absolute Gasteiger partial charge is 0.481 e. The molecule has 8 heteroatoms. The maximum Gasteiger partial charge on any atom is 0.322 e. The highest BCUT2D eigenvalue weighted by Crippen LogP contribution is 2.22. The van der Waals surface area contributed by atoms with Crippen LogP contribution in [0.25, 0.3) is 0 Å². The zero-order chi connectivity index (χ0) is 13.7. The Balaban J connectivity index is 1.82. The minimum atomic E-state index is -0.780. The molecule has 1 saturated heterocycles. The molecule has 0 spiro atoms. The third-order valence-electron chi connectivity index (χ3n) is 3.16. The Morgan fingerprint density at radius 1 is 1.58 bits per heavy atom. The molecule has 0 bridgehead atoms. The number of hydrogen-bond donors (Lipinski definition) is 2. The number of nitrogens with one attached hydrogen (secondary N) is 1. The maximum atomic E-state index is 12.0. The number of urea groups is 1. The summed E-state index contributed by atoms with van der Waals surface area (Å²) in [5.74, 6) is -0.507. The number of carbonyl (C=O) groups is 2. The Bertz CT molecular complexity index is 437. The third kappa shape index (κ3) is 4.16. The Labute approximate surface area is 114 Å². The van der Waals surface area contributed by atoms with Crippen LogP contribution < -0.4 is 5.32 Å². The van der Waals surface area contributed by atoms with Crippen molar-refractivity contribution in [1.29, 1.82) is 0 Å². The van der Waals surface area contributed by atoms with E-state index in [4.69, 9.17) is 5.11 Å². The zero-order valence-electron chi connectivity index (χ0n) is 10.4. The second-order valence-corrected chi connectivity index (χ2v) is 5.38. The normalized spacial score (nSPS) is 19.2. The van der Waals surface area contributed by atoms with Gasteiger partial charge in [-0.3, -0.25) is 10.1 Å². The number of hydrogen-bond acceptors (Lipinski definition) is 5. The van der Waals surface area contributed by atoms with Gasteiger partial charge >= 0.3 is 12.0 Å². The first-order chi connectivity index (χ1) is 9.15. The number of likely N-dealkylation sites (tertiary alicyclic amines) is 1. The molecule has 0 aromatic carbocycles. The fraction of sp³-hybridized carbons (Fsp3) is 0.636. The van der Waals surface area contributed by atoms with Crippen molar-refractivity contribution in [2.24, 2.45) is 5.92 Å². The monoisotopic (exact) mass is 284 g/mol. The van der Waals surface area contributed by atoms with Crippen molar-refractivity contribution in [2.45, 2.75) is 25.7 Å². The van der Waals surface area contributed by atoms with Crippen LogP contribution >= 0.6 is 11.5 Å². The number of carbonyl (C=O) groups excluding carboxylic acids is 1. The van der Waals surface area contributed by atoms with E-state index in [-0.39, 0.29) is 18.4 Å². The SMILES string of the molecule is O=C(O)CCC1CCCN(C(=O)Nc2cnns2)C1. The number of anilines is 1. The number of carboxylic acids is 1. The van der Waals surface area contributed by atoms with Crippen molar-refractivity contribution in [3.63, 3.8) is 0 Å². The lowest BCUT2D eigenvalue weighted by Crippen LogP contribution is -2.42. The molecule has 1 aliphatic rings. The van der Waals surface area contributed by atoms with Gasteiger partial charge in [-0.05, 0) is 25.2 Å². The molecule has 1 aromatic heterocycles.